The van der Waals surface area contributed by atoms with Gasteiger partial charge in [0.05, 0.1) is 0 Å². The molecule has 0 atom stereocenters. The van der Waals surface area contributed by atoms with Gasteiger partial charge >= 0.3 is 7.25 Å². The molecule has 0 nitrogen and oxygen atoms in total. The second kappa shape index (κ2) is 2.47. The van der Waals surface area contributed by atoms with Crippen molar-refractivity contribution in [2.24, 2.45) is 0 Å². The minimum absolute atomic E-state index is 0. The van der Waals surface area contributed by atoms with Crippen molar-refractivity contribution in [1.82, 2.24) is 0 Å². The van der Waals surface area contributed by atoms with Crippen molar-refractivity contribution in [3.05, 3.63) is 0 Å². The SMILES string of the molecule is F[B-](F)(F)F.[Mn]. The van der Waals surface area contributed by atoms with E-state index in [0.717, 1.165) is 0 Å². The summed E-state index contributed by atoms with van der Waals surface area (Å²) >= 11 is 0. The molecule has 0 aromatic heterocycles. The van der Waals surface area contributed by atoms with Crippen molar-refractivity contribution in [2.45, 2.75) is 0 Å². The van der Waals surface area contributed by atoms with Crippen LogP contribution in [0.1, 0.15) is 0 Å². The standard InChI is InChI=1S/BF4.Mn/c2-1(3,4)5;/q-1;. The third-order valence-electron chi connectivity index (χ3n) is 0. The second-order valence-electron chi connectivity index (χ2n) is 0.495. The topological polar surface area (TPSA) is 0 Å². The minimum Gasteiger partial charge on any atom is -0.418 e. The maximum Gasteiger partial charge on any atom is 0.673 e. The zero-order chi connectivity index (χ0) is 4.50. The van der Waals surface area contributed by atoms with E-state index < -0.39 is 7.25 Å². The van der Waals surface area contributed by atoms with Crippen LogP contribution >= 0.6 is 0 Å². The molecule has 0 saturated carbocycles. The molecule has 0 saturated heterocycles. The quantitative estimate of drug-likeness (QED) is 0.353. The fourth-order valence-electron chi connectivity index (χ4n) is 0. The summed E-state index contributed by atoms with van der Waals surface area (Å²) in [6, 6.07) is 0. The van der Waals surface area contributed by atoms with Crippen LogP contribution in [0.5, 0.6) is 0 Å². The van der Waals surface area contributed by atoms with E-state index in [-0.39, 0.29) is 17.1 Å². The molecule has 0 bridgehead atoms. The molecule has 0 aliphatic carbocycles. The second-order valence-corrected chi connectivity index (χ2v) is 0.495. The predicted octanol–water partition coefficient (Wildman–Crippen LogP) is 1.30. The summed E-state index contributed by atoms with van der Waals surface area (Å²) in [7, 11) is -6.00. The molecule has 0 unspecified atom stereocenters. The minimum atomic E-state index is -6.00. The summed E-state index contributed by atoms with van der Waals surface area (Å²) in [5.74, 6) is 0. The van der Waals surface area contributed by atoms with Gasteiger partial charge in [0.25, 0.3) is 0 Å². The maximum atomic E-state index is 9.75. The summed E-state index contributed by atoms with van der Waals surface area (Å²) in [5.41, 5.74) is 0. The van der Waals surface area contributed by atoms with Crippen molar-refractivity contribution in [3.8, 4) is 0 Å². The predicted molar refractivity (Wildman–Crippen MR) is 10.2 cm³/mol. The van der Waals surface area contributed by atoms with Crippen LogP contribution in [-0.2, 0) is 17.1 Å². The van der Waals surface area contributed by atoms with Crippen LogP contribution in [0, 0.1) is 0 Å². The summed E-state index contributed by atoms with van der Waals surface area (Å²) in [6.45, 7) is 0. The first kappa shape index (κ1) is 9.57. The largest absolute Gasteiger partial charge is 0.673 e. The average Bonchev–Trinajstić information content (AvgIpc) is 0.722. The molecule has 0 N–H and O–H groups in total. The Morgan fingerprint density at radius 1 is 0.833 bits per heavy atom. The molecule has 39 valence electrons. The third-order valence-corrected chi connectivity index (χ3v) is 0. The Balaban J connectivity index is 0. The monoisotopic (exact) mass is 142 g/mol. The molecule has 6 heavy (non-hydrogen) atoms. The molecule has 0 heterocycles. The number of hydrogen-bond donors (Lipinski definition) is 0. The van der Waals surface area contributed by atoms with Gasteiger partial charge in [0, 0.05) is 17.1 Å². The zero-order valence-corrected chi connectivity index (χ0v) is 3.65. The van der Waals surface area contributed by atoms with Crippen LogP contribution in [0.25, 0.3) is 0 Å². The van der Waals surface area contributed by atoms with E-state index in [9.17, 15) is 17.3 Å². The van der Waals surface area contributed by atoms with Gasteiger partial charge < -0.3 is 17.3 Å². The Morgan fingerprint density at radius 3 is 0.833 bits per heavy atom. The Kier molecular flexibility index (Phi) is 3.95. The summed E-state index contributed by atoms with van der Waals surface area (Å²) in [4.78, 5) is 0. The number of rotatable bonds is 0. The van der Waals surface area contributed by atoms with E-state index >= 15 is 0 Å². The normalized spacial score (nSPS) is 10.0. The van der Waals surface area contributed by atoms with Gasteiger partial charge in [-0.25, -0.2) is 0 Å². The molecule has 0 aliphatic heterocycles. The van der Waals surface area contributed by atoms with Gasteiger partial charge in [0.1, 0.15) is 0 Å². The summed E-state index contributed by atoms with van der Waals surface area (Å²) in [6.07, 6.45) is 0. The van der Waals surface area contributed by atoms with E-state index in [1.807, 2.05) is 0 Å². The van der Waals surface area contributed by atoms with Crippen molar-refractivity contribution in [3.63, 3.8) is 0 Å². The van der Waals surface area contributed by atoms with Gasteiger partial charge in [-0.05, 0) is 0 Å². The first-order valence-corrected chi connectivity index (χ1v) is 0.873. The van der Waals surface area contributed by atoms with E-state index in [0.29, 0.717) is 0 Å². The Bertz CT molecular complexity index is 23.0. The molecule has 0 aromatic carbocycles. The van der Waals surface area contributed by atoms with E-state index in [2.05, 4.69) is 0 Å². The van der Waals surface area contributed by atoms with Crippen molar-refractivity contribution in [2.75, 3.05) is 0 Å². The Hall–Kier alpha value is 0.304. The summed E-state index contributed by atoms with van der Waals surface area (Å²) < 4.78 is 39.0. The van der Waals surface area contributed by atoms with E-state index in [1.54, 1.807) is 0 Å². The molecule has 0 spiro atoms. The smallest absolute Gasteiger partial charge is 0.418 e. The van der Waals surface area contributed by atoms with Gasteiger partial charge in [-0.3, -0.25) is 0 Å². The van der Waals surface area contributed by atoms with Crippen molar-refractivity contribution < 1.29 is 34.3 Å². The Morgan fingerprint density at radius 2 is 0.833 bits per heavy atom. The molecule has 0 rings (SSSR count). The maximum absolute atomic E-state index is 9.75. The first-order chi connectivity index (χ1) is 2.00. The van der Waals surface area contributed by atoms with Gasteiger partial charge in [-0.15, -0.1) is 0 Å². The van der Waals surface area contributed by atoms with Crippen molar-refractivity contribution in [1.29, 1.82) is 0 Å². The average molecular weight is 142 g/mol. The Labute approximate surface area is 42.5 Å². The molecule has 1 radical (unpaired) electrons. The molecule has 0 aliphatic rings. The van der Waals surface area contributed by atoms with Gasteiger partial charge in [-0.1, -0.05) is 0 Å². The fraction of sp³-hybridized carbons (Fsp3) is 0. The zero-order valence-electron chi connectivity index (χ0n) is 2.47. The van der Waals surface area contributed by atoms with Crippen molar-refractivity contribution >= 4 is 7.25 Å². The van der Waals surface area contributed by atoms with Crippen LogP contribution in [0.4, 0.5) is 17.3 Å². The summed E-state index contributed by atoms with van der Waals surface area (Å²) in [5, 5.41) is 0. The molecule has 0 aromatic rings. The molecule has 6 heteroatoms. The molecule has 0 fully saturated rings. The molecular weight excluding hydrogens is 142 g/mol. The van der Waals surface area contributed by atoms with Gasteiger partial charge in [-0.2, -0.15) is 0 Å². The van der Waals surface area contributed by atoms with Crippen LogP contribution in [0.3, 0.4) is 0 Å². The van der Waals surface area contributed by atoms with E-state index in [1.165, 1.54) is 0 Å². The van der Waals surface area contributed by atoms with Gasteiger partial charge in [0.15, 0.2) is 0 Å². The first-order valence-electron chi connectivity index (χ1n) is 0.873. The molecular formula is BF4Mn-. The van der Waals surface area contributed by atoms with Crippen LogP contribution in [-0.4, -0.2) is 7.25 Å². The third kappa shape index (κ3) is 507. The number of hydrogen-bond acceptors (Lipinski definition) is 0. The fourth-order valence-corrected chi connectivity index (χ4v) is 0. The van der Waals surface area contributed by atoms with Gasteiger partial charge in [0.2, 0.25) is 0 Å². The van der Waals surface area contributed by atoms with Crippen LogP contribution in [0.15, 0.2) is 0 Å². The van der Waals surface area contributed by atoms with Crippen LogP contribution < -0.4 is 0 Å². The molecule has 0 amide bonds. The number of halogens is 4. The van der Waals surface area contributed by atoms with Crippen LogP contribution in [0.2, 0.25) is 0 Å². The van der Waals surface area contributed by atoms with E-state index in [4.69, 9.17) is 0 Å².